The largest absolute Gasteiger partial charge is 0.497 e. The van der Waals surface area contributed by atoms with Crippen molar-refractivity contribution in [3.05, 3.63) is 11.7 Å². The highest BCUT2D eigenvalue weighted by Crippen LogP contribution is 2.38. The van der Waals surface area contributed by atoms with Crippen molar-refractivity contribution in [2.24, 2.45) is 10.7 Å². The zero-order valence-corrected chi connectivity index (χ0v) is 17.7. The molecular formula is C19H34BN3O4. The van der Waals surface area contributed by atoms with Crippen LogP contribution in [0.2, 0.25) is 0 Å². The highest BCUT2D eigenvalue weighted by atomic mass is 16.7. The molecule has 0 aliphatic carbocycles. The van der Waals surface area contributed by atoms with Gasteiger partial charge in [-0.2, -0.15) is 0 Å². The first kappa shape index (κ1) is 21.8. The van der Waals surface area contributed by atoms with E-state index in [1.807, 2.05) is 48.5 Å². The Bertz CT molecular complexity index is 595. The number of nitrogens with two attached hydrogens (primary N) is 1. The summed E-state index contributed by atoms with van der Waals surface area (Å²) in [4.78, 5) is 18.6. The van der Waals surface area contributed by atoms with Gasteiger partial charge in [-0.25, -0.2) is 4.79 Å². The zero-order valence-electron chi connectivity index (χ0n) is 17.7. The molecule has 2 aliphatic heterocycles. The third kappa shape index (κ3) is 5.48. The van der Waals surface area contributed by atoms with Crippen LogP contribution in [0.25, 0.3) is 0 Å². The number of hydrogen-bond acceptors (Lipinski definition) is 6. The van der Waals surface area contributed by atoms with Gasteiger partial charge in [0.25, 0.3) is 0 Å². The first-order valence-electron chi connectivity index (χ1n) is 9.63. The van der Waals surface area contributed by atoms with Gasteiger partial charge in [-0.1, -0.05) is 0 Å². The smallest absolute Gasteiger partial charge is 0.444 e. The summed E-state index contributed by atoms with van der Waals surface area (Å²) in [6, 6.07) is 0.00337. The van der Waals surface area contributed by atoms with Crippen LogP contribution in [-0.4, -0.2) is 60.3 Å². The lowest BCUT2D eigenvalue weighted by Crippen LogP contribution is -2.44. The van der Waals surface area contributed by atoms with E-state index in [1.54, 1.807) is 11.1 Å². The molecule has 8 heteroatoms. The third-order valence-corrected chi connectivity index (χ3v) is 5.20. The molecule has 0 bridgehead atoms. The van der Waals surface area contributed by atoms with Crippen LogP contribution in [0.5, 0.6) is 0 Å². The van der Waals surface area contributed by atoms with Crippen LogP contribution in [0.1, 0.15) is 61.3 Å². The van der Waals surface area contributed by atoms with Crippen molar-refractivity contribution >= 4 is 19.4 Å². The fourth-order valence-electron chi connectivity index (χ4n) is 2.92. The Hall–Kier alpha value is -1.54. The van der Waals surface area contributed by atoms with Gasteiger partial charge in [-0.05, 0) is 67.5 Å². The van der Waals surface area contributed by atoms with Crippen molar-refractivity contribution in [1.29, 1.82) is 0 Å². The van der Waals surface area contributed by atoms with E-state index in [2.05, 4.69) is 4.99 Å². The molecule has 2 aliphatic rings. The van der Waals surface area contributed by atoms with Gasteiger partial charge in [-0.15, -0.1) is 0 Å². The molecule has 1 amide bonds. The quantitative estimate of drug-likeness (QED) is 0.602. The van der Waals surface area contributed by atoms with Gasteiger partial charge in [0.05, 0.1) is 17.2 Å². The summed E-state index contributed by atoms with van der Waals surface area (Å²) in [5, 5.41) is 0. The fraction of sp³-hybridized carbons (Fsp3) is 0.789. The van der Waals surface area contributed by atoms with Crippen LogP contribution in [0.4, 0.5) is 4.79 Å². The molecule has 1 unspecified atom stereocenters. The Morgan fingerprint density at radius 3 is 2.37 bits per heavy atom. The average Bonchev–Trinajstić information content (AvgIpc) is 2.74. The molecule has 0 aromatic heterocycles. The second kappa shape index (κ2) is 7.83. The molecule has 7 nitrogen and oxygen atoms in total. The van der Waals surface area contributed by atoms with Crippen LogP contribution in [0, 0.1) is 0 Å². The number of allylic oxidation sites excluding steroid dienone is 1. The first-order chi connectivity index (χ1) is 12.3. The van der Waals surface area contributed by atoms with Crippen molar-refractivity contribution in [2.75, 3.05) is 13.1 Å². The van der Waals surface area contributed by atoms with Crippen LogP contribution in [0.15, 0.2) is 16.7 Å². The number of aliphatic imine (C=N–C) groups is 1. The number of carbonyl (C=O) groups is 1. The predicted molar refractivity (Wildman–Crippen MR) is 108 cm³/mol. The highest BCUT2D eigenvalue weighted by Gasteiger charge is 2.52. The molecule has 1 atom stereocenters. The Kier molecular flexibility index (Phi) is 6.31. The Morgan fingerprint density at radius 1 is 1.26 bits per heavy atom. The van der Waals surface area contributed by atoms with Gasteiger partial charge in [-0.3, -0.25) is 4.99 Å². The minimum atomic E-state index is -0.547. The molecule has 0 aromatic carbocycles. The van der Waals surface area contributed by atoms with E-state index in [4.69, 9.17) is 19.8 Å². The standard InChI is InChI=1S/C19H34BN3O4/c1-17(2,3)25-16(24)23-10-8-9-15(13-23)22-12-14(11-21)20-26-18(4,5)19(6,7)27-20/h11-12,15H,8-10,13,21H2,1-7H3/b14-11+,22-12?. The maximum absolute atomic E-state index is 12.3. The number of piperidine rings is 1. The highest BCUT2D eigenvalue weighted by molar-refractivity contribution is 6.60. The van der Waals surface area contributed by atoms with Crippen molar-refractivity contribution in [2.45, 2.75) is 84.2 Å². The normalized spacial score (nSPS) is 25.9. The third-order valence-electron chi connectivity index (χ3n) is 5.20. The number of amides is 1. The molecule has 0 aromatic rings. The van der Waals surface area contributed by atoms with Gasteiger partial charge in [0.15, 0.2) is 0 Å². The number of likely N-dealkylation sites (tertiary alicyclic amines) is 1. The summed E-state index contributed by atoms with van der Waals surface area (Å²) in [6.07, 6.45) is 4.70. The molecule has 152 valence electrons. The van der Waals surface area contributed by atoms with E-state index in [-0.39, 0.29) is 12.1 Å². The molecule has 0 saturated carbocycles. The second-order valence-corrected chi connectivity index (χ2v) is 9.26. The fourth-order valence-corrected chi connectivity index (χ4v) is 2.92. The Labute approximate surface area is 163 Å². The molecule has 2 N–H and O–H groups in total. The Morgan fingerprint density at radius 2 is 1.85 bits per heavy atom. The van der Waals surface area contributed by atoms with Gasteiger partial charge < -0.3 is 24.7 Å². The molecule has 2 fully saturated rings. The summed E-state index contributed by atoms with van der Waals surface area (Å²) in [7, 11) is -0.547. The molecule has 0 spiro atoms. The lowest BCUT2D eigenvalue weighted by molar-refractivity contribution is 0.00578. The van der Waals surface area contributed by atoms with E-state index in [9.17, 15) is 4.79 Å². The number of carbonyl (C=O) groups excluding carboxylic acids is 1. The summed E-state index contributed by atoms with van der Waals surface area (Å²) in [5.41, 5.74) is 5.11. The van der Waals surface area contributed by atoms with Crippen molar-refractivity contribution < 1.29 is 18.8 Å². The second-order valence-electron chi connectivity index (χ2n) is 9.26. The summed E-state index contributed by atoms with van der Waals surface area (Å²) >= 11 is 0. The summed E-state index contributed by atoms with van der Waals surface area (Å²) in [6.45, 7) is 14.8. The lowest BCUT2D eigenvalue weighted by Gasteiger charge is -2.32. The molecule has 2 rings (SSSR count). The van der Waals surface area contributed by atoms with E-state index in [1.165, 1.54) is 6.20 Å². The van der Waals surface area contributed by atoms with Crippen molar-refractivity contribution in [3.63, 3.8) is 0 Å². The maximum Gasteiger partial charge on any atom is 0.497 e. The molecule has 2 heterocycles. The van der Waals surface area contributed by atoms with E-state index >= 15 is 0 Å². The summed E-state index contributed by atoms with van der Waals surface area (Å²) in [5.74, 6) is 0. The van der Waals surface area contributed by atoms with Crippen LogP contribution in [-0.2, 0) is 14.0 Å². The van der Waals surface area contributed by atoms with Gasteiger partial charge >= 0.3 is 13.2 Å². The van der Waals surface area contributed by atoms with Crippen LogP contribution < -0.4 is 5.73 Å². The first-order valence-corrected chi connectivity index (χ1v) is 9.63. The summed E-state index contributed by atoms with van der Waals surface area (Å²) < 4.78 is 17.5. The predicted octanol–water partition coefficient (Wildman–Crippen LogP) is 2.93. The topological polar surface area (TPSA) is 86.4 Å². The van der Waals surface area contributed by atoms with E-state index in [0.29, 0.717) is 18.6 Å². The SMILES string of the molecule is CC(C)(C)OC(=O)N1CCCC(N=C/C(=C\N)B2OC(C)(C)C(C)(C)O2)C1. The number of hydrogen-bond donors (Lipinski definition) is 1. The zero-order chi connectivity index (χ0) is 20.5. The minimum Gasteiger partial charge on any atom is -0.444 e. The Balaban J connectivity index is 1.99. The minimum absolute atomic E-state index is 0.00337. The van der Waals surface area contributed by atoms with E-state index in [0.717, 1.165) is 12.8 Å². The lowest BCUT2D eigenvalue weighted by atomic mass is 9.79. The molecule has 2 saturated heterocycles. The van der Waals surface area contributed by atoms with Gasteiger partial charge in [0.1, 0.15) is 5.60 Å². The van der Waals surface area contributed by atoms with Gasteiger partial charge in [0.2, 0.25) is 0 Å². The molecule has 0 radical (unpaired) electrons. The molecular weight excluding hydrogens is 345 g/mol. The van der Waals surface area contributed by atoms with Crippen molar-refractivity contribution in [3.8, 4) is 0 Å². The molecule has 27 heavy (non-hydrogen) atoms. The number of rotatable bonds is 3. The van der Waals surface area contributed by atoms with Crippen LogP contribution in [0.3, 0.4) is 0 Å². The number of nitrogens with zero attached hydrogens (tertiary/aromatic N) is 2. The van der Waals surface area contributed by atoms with Gasteiger partial charge in [0, 0.05) is 24.8 Å². The monoisotopic (exact) mass is 379 g/mol. The maximum atomic E-state index is 12.3. The van der Waals surface area contributed by atoms with Crippen molar-refractivity contribution in [1.82, 2.24) is 4.90 Å². The van der Waals surface area contributed by atoms with Crippen LogP contribution >= 0.6 is 0 Å². The number of ether oxygens (including phenoxy) is 1. The van der Waals surface area contributed by atoms with E-state index < -0.39 is 23.9 Å². The average molecular weight is 379 g/mol.